The summed E-state index contributed by atoms with van der Waals surface area (Å²) in [4.78, 5) is 4.12. The van der Waals surface area contributed by atoms with Gasteiger partial charge in [0.15, 0.2) is 0 Å². The van der Waals surface area contributed by atoms with Crippen molar-refractivity contribution in [2.24, 2.45) is 17.6 Å². The molecule has 0 amide bonds. The Kier molecular flexibility index (Phi) is 5.04. The van der Waals surface area contributed by atoms with Gasteiger partial charge in [0, 0.05) is 17.5 Å². The highest BCUT2D eigenvalue weighted by Crippen LogP contribution is 2.35. The van der Waals surface area contributed by atoms with Crippen LogP contribution in [0.5, 0.6) is 0 Å². The van der Waals surface area contributed by atoms with Gasteiger partial charge < -0.3 is 5.73 Å². The molecule has 1 aromatic rings. The molecule has 19 heavy (non-hydrogen) atoms. The maximum Gasteiger partial charge on any atom is 0.0596 e. The fraction of sp³-hybridized carbons (Fsp3) is 0.750. The van der Waals surface area contributed by atoms with E-state index < -0.39 is 0 Å². The van der Waals surface area contributed by atoms with Gasteiger partial charge in [-0.1, -0.05) is 20.8 Å². The van der Waals surface area contributed by atoms with Crippen LogP contribution in [0.3, 0.4) is 0 Å². The van der Waals surface area contributed by atoms with Gasteiger partial charge in [0.2, 0.25) is 0 Å². The molecule has 0 radical (unpaired) electrons. The Bertz CT molecular complexity index is 401. The lowest BCUT2D eigenvalue weighted by Gasteiger charge is -2.42. The standard InChI is InChI=1S/C16H28N2S/c1-5-14(17)15(16-12(3)7-9-19-16)18-8-6-11(2)13(4)10-18/h7,9,11,13-15H,5-6,8,10,17H2,1-4H3. The van der Waals surface area contributed by atoms with Crippen LogP contribution in [0.25, 0.3) is 0 Å². The number of hydrogen-bond acceptors (Lipinski definition) is 3. The van der Waals surface area contributed by atoms with E-state index in [0.717, 1.165) is 18.3 Å². The van der Waals surface area contributed by atoms with Gasteiger partial charge in [-0.25, -0.2) is 0 Å². The summed E-state index contributed by atoms with van der Waals surface area (Å²) in [6.07, 6.45) is 2.35. The highest BCUT2D eigenvalue weighted by atomic mass is 32.1. The molecule has 0 aliphatic carbocycles. The van der Waals surface area contributed by atoms with Gasteiger partial charge in [0.25, 0.3) is 0 Å². The minimum atomic E-state index is 0.248. The highest BCUT2D eigenvalue weighted by molar-refractivity contribution is 7.10. The Balaban J connectivity index is 2.21. The van der Waals surface area contributed by atoms with Crippen molar-refractivity contribution >= 4 is 11.3 Å². The Hall–Kier alpha value is -0.380. The van der Waals surface area contributed by atoms with E-state index in [1.54, 1.807) is 0 Å². The van der Waals surface area contributed by atoms with E-state index in [1.807, 2.05) is 11.3 Å². The molecule has 0 aromatic carbocycles. The Morgan fingerprint density at radius 2 is 2.16 bits per heavy atom. The van der Waals surface area contributed by atoms with E-state index in [9.17, 15) is 0 Å². The number of piperidine rings is 1. The van der Waals surface area contributed by atoms with Gasteiger partial charge in [-0.2, -0.15) is 0 Å². The van der Waals surface area contributed by atoms with Crippen LogP contribution < -0.4 is 5.73 Å². The molecule has 1 aliphatic rings. The number of hydrogen-bond donors (Lipinski definition) is 1. The quantitative estimate of drug-likeness (QED) is 0.908. The van der Waals surface area contributed by atoms with E-state index in [1.165, 1.54) is 30.0 Å². The summed E-state index contributed by atoms with van der Waals surface area (Å²) in [7, 11) is 0. The molecule has 2 heterocycles. The van der Waals surface area contributed by atoms with Crippen LogP contribution in [0.1, 0.15) is 50.1 Å². The van der Waals surface area contributed by atoms with Crippen molar-refractivity contribution in [1.29, 1.82) is 0 Å². The monoisotopic (exact) mass is 280 g/mol. The van der Waals surface area contributed by atoms with Gasteiger partial charge in [-0.05, 0) is 55.2 Å². The lowest BCUT2D eigenvalue weighted by molar-refractivity contribution is 0.0829. The number of aryl methyl sites for hydroxylation is 1. The third-order valence-corrected chi connectivity index (χ3v) is 5.90. The molecule has 0 bridgehead atoms. The van der Waals surface area contributed by atoms with Crippen molar-refractivity contribution in [3.63, 3.8) is 0 Å². The fourth-order valence-electron chi connectivity index (χ4n) is 3.09. The van der Waals surface area contributed by atoms with Crippen molar-refractivity contribution in [2.75, 3.05) is 13.1 Å². The lowest BCUT2D eigenvalue weighted by atomic mass is 9.86. The first kappa shape index (κ1) is 15.0. The van der Waals surface area contributed by atoms with Crippen LogP contribution in [0.15, 0.2) is 11.4 Å². The fourth-order valence-corrected chi connectivity index (χ4v) is 4.23. The number of thiophene rings is 1. The van der Waals surface area contributed by atoms with Gasteiger partial charge in [0.1, 0.15) is 0 Å². The second kappa shape index (κ2) is 6.38. The molecule has 1 fully saturated rings. The summed E-state index contributed by atoms with van der Waals surface area (Å²) in [6.45, 7) is 11.6. The average Bonchev–Trinajstić information content (AvgIpc) is 2.80. The van der Waals surface area contributed by atoms with Gasteiger partial charge in [-0.15, -0.1) is 11.3 Å². The summed E-state index contributed by atoms with van der Waals surface area (Å²) >= 11 is 1.88. The first-order valence-corrected chi connectivity index (χ1v) is 8.46. The van der Waals surface area contributed by atoms with Crippen LogP contribution in [0, 0.1) is 18.8 Å². The Morgan fingerprint density at radius 3 is 2.68 bits per heavy atom. The molecule has 3 heteroatoms. The molecule has 1 saturated heterocycles. The van der Waals surface area contributed by atoms with Crippen molar-refractivity contribution in [1.82, 2.24) is 4.90 Å². The number of nitrogens with zero attached hydrogens (tertiary/aromatic N) is 1. The molecule has 1 aromatic heterocycles. The molecule has 0 spiro atoms. The molecular formula is C16H28N2S. The molecule has 4 unspecified atom stereocenters. The molecule has 1 aliphatic heterocycles. The van der Waals surface area contributed by atoms with Gasteiger partial charge >= 0.3 is 0 Å². The molecule has 2 nitrogen and oxygen atoms in total. The second-order valence-electron chi connectivity index (χ2n) is 6.22. The zero-order chi connectivity index (χ0) is 14.0. The minimum Gasteiger partial charge on any atom is -0.326 e. The number of rotatable bonds is 4. The molecule has 4 atom stereocenters. The molecule has 0 saturated carbocycles. The number of nitrogens with two attached hydrogens (primary N) is 1. The van der Waals surface area contributed by atoms with Crippen molar-refractivity contribution in [3.05, 3.63) is 21.9 Å². The lowest BCUT2D eigenvalue weighted by Crippen LogP contribution is -2.46. The smallest absolute Gasteiger partial charge is 0.0596 e. The van der Waals surface area contributed by atoms with E-state index in [2.05, 4.69) is 44.0 Å². The second-order valence-corrected chi connectivity index (χ2v) is 7.17. The van der Waals surface area contributed by atoms with Crippen LogP contribution in [0.4, 0.5) is 0 Å². The van der Waals surface area contributed by atoms with Crippen LogP contribution in [-0.4, -0.2) is 24.0 Å². The topological polar surface area (TPSA) is 29.3 Å². The molecule has 2 N–H and O–H groups in total. The van der Waals surface area contributed by atoms with Crippen molar-refractivity contribution in [3.8, 4) is 0 Å². The summed E-state index contributed by atoms with van der Waals surface area (Å²) in [5.74, 6) is 1.62. The summed E-state index contributed by atoms with van der Waals surface area (Å²) < 4.78 is 0. The summed E-state index contributed by atoms with van der Waals surface area (Å²) in [5.41, 5.74) is 7.86. The largest absolute Gasteiger partial charge is 0.326 e. The Morgan fingerprint density at radius 1 is 1.42 bits per heavy atom. The molecular weight excluding hydrogens is 252 g/mol. The number of likely N-dealkylation sites (tertiary alicyclic amines) is 1. The predicted molar refractivity (Wildman–Crippen MR) is 84.6 cm³/mol. The zero-order valence-electron chi connectivity index (χ0n) is 12.7. The zero-order valence-corrected chi connectivity index (χ0v) is 13.5. The third kappa shape index (κ3) is 3.21. The van der Waals surface area contributed by atoms with Crippen molar-refractivity contribution in [2.45, 2.75) is 52.6 Å². The first-order valence-electron chi connectivity index (χ1n) is 7.58. The van der Waals surface area contributed by atoms with Gasteiger partial charge in [0.05, 0.1) is 6.04 Å². The van der Waals surface area contributed by atoms with E-state index in [4.69, 9.17) is 5.73 Å². The van der Waals surface area contributed by atoms with Crippen LogP contribution in [0.2, 0.25) is 0 Å². The van der Waals surface area contributed by atoms with E-state index >= 15 is 0 Å². The summed E-state index contributed by atoms with van der Waals surface area (Å²) in [5, 5.41) is 2.20. The maximum absolute atomic E-state index is 6.45. The van der Waals surface area contributed by atoms with Crippen LogP contribution in [-0.2, 0) is 0 Å². The van der Waals surface area contributed by atoms with E-state index in [-0.39, 0.29) is 6.04 Å². The highest BCUT2D eigenvalue weighted by Gasteiger charge is 2.32. The normalized spacial score (nSPS) is 28.3. The molecule has 2 rings (SSSR count). The average molecular weight is 280 g/mol. The van der Waals surface area contributed by atoms with Crippen LogP contribution >= 0.6 is 11.3 Å². The molecule has 108 valence electrons. The first-order chi connectivity index (χ1) is 9.04. The van der Waals surface area contributed by atoms with Gasteiger partial charge in [-0.3, -0.25) is 4.90 Å². The minimum absolute atomic E-state index is 0.248. The van der Waals surface area contributed by atoms with Crippen molar-refractivity contribution < 1.29 is 0 Å². The Labute approximate surface area is 122 Å². The SMILES string of the molecule is CCC(N)C(c1sccc1C)N1CCC(C)C(C)C1. The summed E-state index contributed by atoms with van der Waals surface area (Å²) in [6, 6.07) is 2.89. The van der Waals surface area contributed by atoms with E-state index in [0.29, 0.717) is 6.04 Å². The maximum atomic E-state index is 6.45. The predicted octanol–water partition coefficient (Wildman–Crippen LogP) is 3.81. The third-order valence-electron chi connectivity index (χ3n) is 4.81.